The Labute approximate surface area is 76.0 Å². The van der Waals surface area contributed by atoms with Crippen LogP contribution in [0, 0.1) is 0 Å². The van der Waals surface area contributed by atoms with Crippen LogP contribution < -0.4 is 0 Å². The molecule has 1 unspecified atom stereocenters. The number of benzene rings is 1. The van der Waals surface area contributed by atoms with Crippen LogP contribution in [0.25, 0.3) is 10.9 Å². The van der Waals surface area contributed by atoms with Gasteiger partial charge in [0.2, 0.25) is 0 Å². The molecule has 0 aliphatic rings. The van der Waals surface area contributed by atoms with E-state index in [0.29, 0.717) is 6.42 Å². The molecule has 2 rings (SSSR count). The van der Waals surface area contributed by atoms with Crippen LogP contribution in [0.3, 0.4) is 0 Å². The van der Waals surface area contributed by atoms with Gasteiger partial charge in [-0.2, -0.15) is 0 Å². The maximum atomic E-state index is 9.20. The predicted molar refractivity (Wildman–Crippen MR) is 49.4 cm³/mol. The first-order valence-electron chi connectivity index (χ1n) is 4.29. The molecule has 0 spiro atoms. The first-order valence-corrected chi connectivity index (χ1v) is 4.29. The number of aliphatic hydroxyl groups is 1. The van der Waals surface area contributed by atoms with E-state index < -0.39 is 6.10 Å². The molecule has 0 amide bonds. The maximum absolute atomic E-state index is 9.20. The number of nitrogens with zero attached hydrogens (tertiary/aromatic N) is 1. The Hall–Kier alpha value is -1.35. The van der Waals surface area contributed by atoms with Crippen molar-refractivity contribution in [1.82, 2.24) is 5.16 Å². The molecule has 0 saturated carbocycles. The van der Waals surface area contributed by atoms with Crippen molar-refractivity contribution in [2.24, 2.45) is 0 Å². The van der Waals surface area contributed by atoms with Crippen LogP contribution in [-0.4, -0.2) is 16.4 Å². The molecule has 1 atom stereocenters. The molecule has 1 N–H and O–H groups in total. The summed E-state index contributed by atoms with van der Waals surface area (Å²) in [6.07, 6.45) is 0.122. The fourth-order valence-corrected chi connectivity index (χ4v) is 1.36. The van der Waals surface area contributed by atoms with E-state index in [2.05, 4.69) is 5.16 Å². The van der Waals surface area contributed by atoms with E-state index >= 15 is 0 Å². The molecule has 0 aliphatic heterocycles. The van der Waals surface area contributed by atoms with Gasteiger partial charge in [0, 0.05) is 11.8 Å². The summed E-state index contributed by atoms with van der Waals surface area (Å²) >= 11 is 0. The van der Waals surface area contributed by atoms with Crippen molar-refractivity contribution >= 4 is 10.9 Å². The third kappa shape index (κ3) is 1.55. The zero-order valence-corrected chi connectivity index (χ0v) is 7.40. The van der Waals surface area contributed by atoms with Gasteiger partial charge >= 0.3 is 0 Å². The van der Waals surface area contributed by atoms with Gasteiger partial charge in [-0.1, -0.05) is 17.3 Å². The lowest BCUT2D eigenvalue weighted by atomic mass is 10.1. The minimum Gasteiger partial charge on any atom is -0.393 e. The van der Waals surface area contributed by atoms with Gasteiger partial charge in [-0.3, -0.25) is 0 Å². The molecule has 1 aromatic heterocycles. The van der Waals surface area contributed by atoms with Crippen LogP contribution in [0.15, 0.2) is 28.8 Å². The van der Waals surface area contributed by atoms with E-state index in [9.17, 15) is 5.11 Å². The molecule has 2 aromatic rings. The van der Waals surface area contributed by atoms with Crippen molar-refractivity contribution < 1.29 is 9.63 Å². The zero-order valence-electron chi connectivity index (χ0n) is 7.40. The van der Waals surface area contributed by atoms with E-state index in [4.69, 9.17) is 4.52 Å². The molecule has 3 nitrogen and oxygen atoms in total. The lowest BCUT2D eigenvalue weighted by Gasteiger charge is -1.98. The molecule has 13 heavy (non-hydrogen) atoms. The Morgan fingerprint density at radius 1 is 1.46 bits per heavy atom. The lowest BCUT2D eigenvalue weighted by Crippen LogP contribution is -2.03. The molecular weight excluding hydrogens is 166 g/mol. The number of aromatic nitrogens is 1. The standard InChI is InChI=1S/C10H11NO2/c1-7(12)6-10-8-4-2-3-5-9(8)11-13-10/h2-5,7,12H,6H2,1H3. The second-order valence-electron chi connectivity index (χ2n) is 3.18. The maximum Gasteiger partial charge on any atom is 0.147 e. The number of aliphatic hydroxyl groups excluding tert-OH is 1. The highest BCUT2D eigenvalue weighted by Crippen LogP contribution is 2.18. The van der Waals surface area contributed by atoms with Crippen LogP contribution >= 0.6 is 0 Å². The first kappa shape index (κ1) is 8.26. The monoisotopic (exact) mass is 177 g/mol. The predicted octanol–water partition coefficient (Wildman–Crippen LogP) is 1.75. The molecule has 0 saturated heterocycles. The molecular formula is C10H11NO2. The van der Waals surface area contributed by atoms with Crippen molar-refractivity contribution in [2.75, 3.05) is 0 Å². The Kier molecular flexibility index (Phi) is 2.02. The average molecular weight is 177 g/mol. The summed E-state index contributed by atoms with van der Waals surface area (Å²) in [5.74, 6) is 0.755. The molecule has 0 aliphatic carbocycles. The molecule has 1 aromatic carbocycles. The van der Waals surface area contributed by atoms with Crippen molar-refractivity contribution in [2.45, 2.75) is 19.4 Å². The highest BCUT2D eigenvalue weighted by molar-refractivity contribution is 5.80. The van der Waals surface area contributed by atoms with Gasteiger partial charge in [0.05, 0.1) is 6.10 Å². The quantitative estimate of drug-likeness (QED) is 0.760. The Balaban J connectivity index is 2.46. The van der Waals surface area contributed by atoms with Gasteiger partial charge in [0.25, 0.3) is 0 Å². The summed E-state index contributed by atoms with van der Waals surface area (Å²) in [6.45, 7) is 1.73. The van der Waals surface area contributed by atoms with E-state index in [-0.39, 0.29) is 0 Å². The number of hydrogen-bond acceptors (Lipinski definition) is 3. The molecule has 3 heteroatoms. The van der Waals surface area contributed by atoms with Crippen molar-refractivity contribution in [3.05, 3.63) is 30.0 Å². The number of rotatable bonds is 2. The van der Waals surface area contributed by atoms with Gasteiger partial charge in [0.1, 0.15) is 11.3 Å². The van der Waals surface area contributed by atoms with E-state index in [1.807, 2.05) is 24.3 Å². The fourth-order valence-electron chi connectivity index (χ4n) is 1.36. The Morgan fingerprint density at radius 3 is 3.00 bits per heavy atom. The minimum atomic E-state index is -0.392. The normalized spacial score (nSPS) is 13.4. The molecule has 0 bridgehead atoms. The molecule has 1 heterocycles. The third-order valence-corrected chi connectivity index (χ3v) is 1.94. The Morgan fingerprint density at radius 2 is 2.23 bits per heavy atom. The summed E-state index contributed by atoms with van der Waals surface area (Å²) < 4.78 is 5.12. The van der Waals surface area contributed by atoms with E-state index in [1.165, 1.54) is 0 Å². The molecule has 68 valence electrons. The van der Waals surface area contributed by atoms with Crippen molar-refractivity contribution in [3.63, 3.8) is 0 Å². The second-order valence-corrected chi connectivity index (χ2v) is 3.18. The zero-order chi connectivity index (χ0) is 9.26. The van der Waals surface area contributed by atoms with Crippen LogP contribution in [0.5, 0.6) is 0 Å². The van der Waals surface area contributed by atoms with Crippen molar-refractivity contribution in [3.8, 4) is 0 Å². The first-order chi connectivity index (χ1) is 6.27. The van der Waals surface area contributed by atoms with E-state index in [0.717, 1.165) is 16.7 Å². The summed E-state index contributed by atoms with van der Waals surface area (Å²) in [5, 5.41) is 14.1. The average Bonchev–Trinajstić information content (AvgIpc) is 2.48. The van der Waals surface area contributed by atoms with Gasteiger partial charge in [-0.15, -0.1) is 0 Å². The van der Waals surface area contributed by atoms with Crippen LogP contribution in [-0.2, 0) is 6.42 Å². The Bertz CT molecular complexity index is 406. The highest BCUT2D eigenvalue weighted by atomic mass is 16.5. The minimum absolute atomic E-state index is 0.392. The SMILES string of the molecule is CC(O)Cc1onc2ccccc12. The molecule has 0 radical (unpaired) electrons. The summed E-state index contributed by atoms with van der Waals surface area (Å²) in [6, 6.07) is 7.69. The van der Waals surface area contributed by atoms with Crippen LogP contribution in [0.1, 0.15) is 12.7 Å². The highest BCUT2D eigenvalue weighted by Gasteiger charge is 2.09. The van der Waals surface area contributed by atoms with Crippen LogP contribution in [0.4, 0.5) is 0 Å². The third-order valence-electron chi connectivity index (χ3n) is 1.94. The van der Waals surface area contributed by atoms with E-state index in [1.54, 1.807) is 6.92 Å². The molecule has 0 fully saturated rings. The topological polar surface area (TPSA) is 46.3 Å². The van der Waals surface area contributed by atoms with Gasteiger partial charge in [-0.05, 0) is 19.1 Å². The second kappa shape index (κ2) is 3.18. The van der Waals surface area contributed by atoms with Gasteiger partial charge < -0.3 is 9.63 Å². The number of hydrogen-bond donors (Lipinski definition) is 1. The van der Waals surface area contributed by atoms with Gasteiger partial charge in [-0.25, -0.2) is 0 Å². The van der Waals surface area contributed by atoms with Crippen molar-refractivity contribution in [1.29, 1.82) is 0 Å². The summed E-state index contributed by atoms with van der Waals surface area (Å²) in [7, 11) is 0. The summed E-state index contributed by atoms with van der Waals surface area (Å²) in [5.41, 5.74) is 0.846. The number of fused-ring (bicyclic) bond motifs is 1. The van der Waals surface area contributed by atoms with Crippen LogP contribution in [0.2, 0.25) is 0 Å². The lowest BCUT2D eigenvalue weighted by molar-refractivity contribution is 0.184. The smallest absolute Gasteiger partial charge is 0.147 e. The summed E-state index contributed by atoms with van der Waals surface area (Å²) in [4.78, 5) is 0. The fraction of sp³-hybridized carbons (Fsp3) is 0.300. The van der Waals surface area contributed by atoms with Gasteiger partial charge in [0.15, 0.2) is 0 Å². The largest absolute Gasteiger partial charge is 0.393 e.